The first-order chi connectivity index (χ1) is 10.9. The molecule has 2 aromatic rings. The van der Waals surface area contributed by atoms with Crippen molar-refractivity contribution in [3.63, 3.8) is 0 Å². The van der Waals surface area contributed by atoms with E-state index in [1.165, 1.54) is 0 Å². The van der Waals surface area contributed by atoms with Gasteiger partial charge < -0.3 is 15.8 Å². The fraction of sp³-hybridized carbons (Fsp3) is 0.278. The van der Waals surface area contributed by atoms with Crippen LogP contribution in [0, 0.1) is 0 Å². The van der Waals surface area contributed by atoms with Crippen LogP contribution in [0.25, 0.3) is 0 Å². The molecular weight excluding hydrogens is 392 g/mol. The lowest BCUT2D eigenvalue weighted by atomic mass is 9.89. The van der Waals surface area contributed by atoms with Gasteiger partial charge >= 0.3 is 0 Å². The third-order valence-corrected chi connectivity index (χ3v) is 4.61. The van der Waals surface area contributed by atoms with Crippen molar-refractivity contribution in [2.45, 2.75) is 31.9 Å². The summed E-state index contributed by atoms with van der Waals surface area (Å²) in [6, 6.07) is 12.8. The van der Waals surface area contributed by atoms with Crippen molar-refractivity contribution in [1.29, 1.82) is 0 Å². The number of benzene rings is 2. The minimum atomic E-state index is -0.352. The van der Waals surface area contributed by atoms with E-state index in [0.717, 1.165) is 15.8 Å². The number of carbonyl (C=O) groups excluding carboxylic acids is 1. The summed E-state index contributed by atoms with van der Waals surface area (Å²) in [4.78, 5) is 12.6. The molecule has 1 aliphatic heterocycles. The molecule has 2 aromatic carbocycles. The van der Waals surface area contributed by atoms with Crippen molar-refractivity contribution in [3.05, 3.63) is 58.1 Å². The Hall–Kier alpha value is -1.72. The molecule has 0 radical (unpaired) electrons. The van der Waals surface area contributed by atoms with Gasteiger partial charge in [0.2, 0.25) is 0 Å². The van der Waals surface area contributed by atoms with Crippen molar-refractivity contribution >= 4 is 39.9 Å². The number of nitrogens with two attached hydrogens (primary N) is 1. The lowest BCUT2D eigenvalue weighted by molar-refractivity contribution is 0.0620. The zero-order chi connectivity index (χ0) is 16.6. The van der Waals surface area contributed by atoms with E-state index in [1.54, 1.807) is 6.07 Å². The third kappa shape index (κ3) is 3.84. The van der Waals surface area contributed by atoms with Crippen molar-refractivity contribution in [2.75, 3.05) is 5.73 Å². The average Bonchev–Trinajstić information content (AvgIpc) is 2.47. The van der Waals surface area contributed by atoms with Crippen LogP contribution in [0.2, 0.25) is 0 Å². The molecule has 0 aliphatic carbocycles. The molecular formula is C18H20BrClN2O2. The predicted molar refractivity (Wildman–Crippen MR) is 102 cm³/mol. The van der Waals surface area contributed by atoms with Gasteiger partial charge in [0.1, 0.15) is 11.4 Å². The molecule has 4 nitrogen and oxygen atoms in total. The van der Waals surface area contributed by atoms with E-state index in [2.05, 4.69) is 21.2 Å². The van der Waals surface area contributed by atoms with Gasteiger partial charge in [-0.05, 0) is 60.1 Å². The number of carbonyl (C=O) groups is 1. The highest BCUT2D eigenvalue weighted by atomic mass is 79.9. The average molecular weight is 412 g/mol. The first kappa shape index (κ1) is 18.6. The number of rotatable bonds is 2. The molecule has 128 valence electrons. The maximum absolute atomic E-state index is 12.6. The normalized spacial score (nSPS) is 17.9. The SMILES string of the molecule is CC1(C)CC(NC(=O)c2ccccc2Br)c2cc(N)ccc2O1.Cl. The summed E-state index contributed by atoms with van der Waals surface area (Å²) in [5.74, 6) is 0.654. The summed E-state index contributed by atoms with van der Waals surface area (Å²) in [5, 5.41) is 3.11. The van der Waals surface area contributed by atoms with E-state index in [1.807, 2.05) is 50.2 Å². The van der Waals surface area contributed by atoms with Crippen LogP contribution in [0.4, 0.5) is 5.69 Å². The van der Waals surface area contributed by atoms with Crippen molar-refractivity contribution < 1.29 is 9.53 Å². The van der Waals surface area contributed by atoms with Crippen LogP contribution in [0.15, 0.2) is 46.9 Å². The zero-order valence-electron chi connectivity index (χ0n) is 13.5. The number of anilines is 1. The standard InChI is InChI=1S/C18H19BrN2O2.ClH/c1-18(2)10-15(13-9-11(20)7-8-16(13)23-18)21-17(22)12-5-3-4-6-14(12)19;/h3-9,15H,10,20H2,1-2H3,(H,21,22);1H. The van der Waals surface area contributed by atoms with E-state index in [4.69, 9.17) is 10.5 Å². The highest BCUT2D eigenvalue weighted by Gasteiger charge is 2.34. The first-order valence-corrected chi connectivity index (χ1v) is 8.29. The second-order valence-electron chi connectivity index (χ2n) is 6.37. The van der Waals surface area contributed by atoms with Crippen LogP contribution < -0.4 is 15.8 Å². The summed E-state index contributed by atoms with van der Waals surface area (Å²) >= 11 is 3.42. The lowest BCUT2D eigenvalue weighted by Gasteiger charge is -2.38. The van der Waals surface area contributed by atoms with Crippen LogP contribution in [0.3, 0.4) is 0 Å². The Balaban J connectivity index is 0.00000208. The van der Waals surface area contributed by atoms with Crippen LogP contribution in [-0.2, 0) is 0 Å². The van der Waals surface area contributed by atoms with E-state index in [-0.39, 0.29) is 30.0 Å². The molecule has 0 fully saturated rings. The molecule has 1 atom stereocenters. The Kier molecular flexibility index (Phi) is 5.45. The fourth-order valence-corrected chi connectivity index (χ4v) is 3.35. The number of nitrogen functional groups attached to an aromatic ring is 1. The molecule has 3 N–H and O–H groups in total. The van der Waals surface area contributed by atoms with Gasteiger partial charge in [0.05, 0.1) is 11.6 Å². The number of fused-ring (bicyclic) bond motifs is 1. The van der Waals surface area contributed by atoms with Gasteiger partial charge in [0, 0.05) is 22.1 Å². The summed E-state index contributed by atoms with van der Waals surface area (Å²) in [6.45, 7) is 4.04. The van der Waals surface area contributed by atoms with Crippen molar-refractivity contribution in [1.82, 2.24) is 5.32 Å². The Morgan fingerprint density at radius 2 is 2.00 bits per heavy atom. The van der Waals surface area contributed by atoms with Gasteiger partial charge in [-0.2, -0.15) is 0 Å². The zero-order valence-corrected chi connectivity index (χ0v) is 15.9. The molecule has 0 spiro atoms. The van der Waals surface area contributed by atoms with Gasteiger partial charge in [0.15, 0.2) is 0 Å². The summed E-state index contributed by atoms with van der Waals surface area (Å²) in [7, 11) is 0. The monoisotopic (exact) mass is 410 g/mol. The van der Waals surface area contributed by atoms with E-state index >= 15 is 0 Å². The molecule has 1 heterocycles. The quantitative estimate of drug-likeness (QED) is 0.716. The molecule has 3 rings (SSSR count). The van der Waals surface area contributed by atoms with Crippen LogP contribution in [0.1, 0.15) is 42.2 Å². The topological polar surface area (TPSA) is 64.4 Å². The van der Waals surface area contributed by atoms with Gasteiger partial charge in [-0.15, -0.1) is 12.4 Å². The molecule has 0 aromatic heterocycles. The maximum Gasteiger partial charge on any atom is 0.252 e. The summed E-state index contributed by atoms with van der Waals surface area (Å²) < 4.78 is 6.77. The molecule has 1 aliphatic rings. The van der Waals surface area contributed by atoms with Crippen LogP contribution >= 0.6 is 28.3 Å². The second kappa shape index (κ2) is 7.03. The Labute approximate surface area is 156 Å². The van der Waals surface area contributed by atoms with E-state index in [9.17, 15) is 4.79 Å². The molecule has 6 heteroatoms. The molecule has 1 unspecified atom stereocenters. The van der Waals surface area contributed by atoms with Gasteiger partial charge in [-0.25, -0.2) is 0 Å². The smallest absolute Gasteiger partial charge is 0.252 e. The number of nitrogens with one attached hydrogen (secondary N) is 1. The van der Waals surface area contributed by atoms with Crippen LogP contribution in [0.5, 0.6) is 5.75 Å². The van der Waals surface area contributed by atoms with E-state index in [0.29, 0.717) is 17.7 Å². The Morgan fingerprint density at radius 1 is 1.29 bits per heavy atom. The highest BCUT2D eigenvalue weighted by Crippen LogP contribution is 2.40. The minimum absolute atomic E-state index is 0. The molecule has 0 saturated carbocycles. The fourth-order valence-electron chi connectivity index (χ4n) is 2.88. The third-order valence-electron chi connectivity index (χ3n) is 3.92. The summed E-state index contributed by atoms with van der Waals surface area (Å²) in [5.41, 5.74) is 7.74. The largest absolute Gasteiger partial charge is 0.487 e. The Bertz CT molecular complexity index is 764. The van der Waals surface area contributed by atoms with Crippen LogP contribution in [-0.4, -0.2) is 11.5 Å². The van der Waals surface area contributed by atoms with Gasteiger partial charge in [0.25, 0.3) is 5.91 Å². The predicted octanol–water partition coefficient (Wildman–Crippen LogP) is 4.49. The van der Waals surface area contributed by atoms with Gasteiger partial charge in [-0.1, -0.05) is 12.1 Å². The number of halogens is 2. The molecule has 1 amide bonds. The lowest BCUT2D eigenvalue weighted by Crippen LogP contribution is -2.41. The van der Waals surface area contributed by atoms with E-state index < -0.39 is 0 Å². The number of ether oxygens (including phenoxy) is 1. The number of hydrogen-bond acceptors (Lipinski definition) is 3. The Morgan fingerprint density at radius 3 is 2.71 bits per heavy atom. The minimum Gasteiger partial charge on any atom is -0.487 e. The second-order valence-corrected chi connectivity index (χ2v) is 7.22. The highest BCUT2D eigenvalue weighted by molar-refractivity contribution is 9.10. The molecule has 24 heavy (non-hydrogen) atoms. The maximum atomic E-state index is 12.6. The van der Waals surface area contributed by atoms with Crippen molar-refractivity contribution in [2.24, 2.45) is 0 Å². The first-order valence-electron chi connectivity index (χ1n) is 7.49. The number of hydrogen-bond donors (Lipinski definition) is 2. The van der Waals surface area contributed by atoms with Gasteiger partial charge in [-0.3, -0.25) is 4.79 Å². The summed E-state index contributed by atoms with van der Waals surface area (Å²) in [6.07, 6.45) is 0.680. The molecule has 0 bridgehead atoms. The number of amides is 1. The van der Waals surface area contributed by atoms with Crippen molar-refractivity contribution in [3.8, 4) is 5.75 Å². The molecule has 0 saturated heterocycles.